The van der Waals surface area contributed by atoms with Gasteiger partial charge in [0.2, 0.25) is 0 Å². The van der Waals surface area contributed by atoms with E-state index in [1.165, 1.54) is 0 Å². The highest BCUT2D eigenvalue weighted by atomic mass is 16.3. The van der Waals surface area contributed by atoms with Gasteiger partial charge in [0.1, 0.15) is 0 Å². The second-order valence-corrected chi connectivity index (χ2v) is 4.57. The number of aryl methyl sites for hydroxylation is 1. The molecule has 80 valence electrons. The number of nitrogens with zero attached hydrogens (tertiary/aromatic N) is 2. The van der Waals surface area contributed by atoms with Crippen molar-refractivity contribution >= 4 is 11.0 Å². The number of benzene rings is 1. The van der Waals surface area contributed by atoms with E-state index in [-0.39, 0.29) is 12.0 Å². The van der Waals surface area contributed by atoms with Gasteiger partial charge < -0.3 is 9.67 Å². The maximum atomic E-state index is 9.41. The maximum Gasteiger partial charge on any atom is 0.0955 e. The lowest BCUT2D eigenvalue weighted by Crippen LogP contribution is -2.22. The molecule has 0 spiro atoms. The summed E-state index contributed by atoms with van der Waals surface area (Å²) in [5.74, 6) is 0. The first-order valence-corrected chi connectivity index (χ1v) is 5.07. The van der Waals surface area contributed by atoms with Crippen LogP contribution in [0.3, 0.4) is 0 Å². The van der Waals surface area contributed by atoms with E-state index in [1.54, 1.807) is 0 Å². The van der Waals surface area contributed by atoms with Crippen LogP contribution in [-0.2, 0) is 12.5 Å². The van der Waals surface area contributed by atoms with Crippen LogP contribution in [0, 0.1) is 0 Å². The molecule has 0 aliphatic heterocycles. The Bertz CT molecular complexity index is 485. The molecule has 0 radical (unpaired) electrons. The fraction of sp³-hybridized carbons (Fsp3) is 0.417. The average molecular weight is 204 g/mol. The van der Waals surface area contributed by atoms with Crippen LogP contribution in [0.2, 0.25) is 0 Å². The molecule has 3 heteroatoms. The van der Waals surface area contributed by atoms with Crippen molar-refractivity contribution in [3.63, 3.8) is 0 Å². The molecule has 1 heterocycles. The Morgan fingerprint density at radius 2 is 2.13 bits per heavy atom. The third-order valence-electron chi connectivity index (χ3n) is 2.86. The molecular formula is C12H16N2O. The molecule has 0 bridgehead atoms. The summed E-state index contributed by atoms with van der Waals surface area (Å²) in [6.45, 7) is 4.21. The van der Waals surface area contributed by atoms with Gasteiger partial charge in [-0.05, 0) is 11.6 Å². The van der Waals surface area contributed by atoms with E-state index in [4.69, 9.17) is 0 Å². The summed E-state index contributed by atoms with van der Waals surface area (Å²) in [4.78, 5) is 4.31. The first-order chi connectivity index (χ1) is 7.06. The van der Waals surface area contributed by atoms with E-state index in [2.05, 4.69) is 11.1 Å². The van der Waals surface area contributed by atoms with E-state index in [1.807, 2.05) is 43.9 Å². The molecule has 0 atom stereocenters. The molecule has 1 aromatic heterocycles. The molecule has 1 aromatic carbocycles. The Hall–Kier alpha value is -1.35. The third-order valence-corrected chi connectivity index (χ3v) is 2.86. The Balaban J connectivity index is 2.75. The van der Waals surface area contributed by atoms with Gasteiger partial charge in [-0.25, -0.2) is 4.98 Å². The van der Waals surface area contributed by atoms with Crippen molar-refractivity contribution in [1.82, 2.24) is 9.55 Å². The number of para-hydroxylation sites is 1. The van der Waals surface area contributed by atoms with Crippen molar-refractivity contribution in [1.29, 1.82) is 0 Å². The van der Waals surface area contributed by atoms with Gasteiger partial charge in [-0.1, -0.05) is 26.0 Å². The Kier molecular flexibility index (Phi) is 2.27. The molecule has 3 nitrogen and oxygen atoms in total. The van der Waals surface area contributed by atoms with E-state index in [0.29, 0.717) is 0 Å². The van der Waals surface area contributed by atoms with Crippen LogP contribution in [0.5, 0.6) is 0 Å². The highest BCUT2D eigenvalue weighted by molar-refractivity contribution is 5.80. The molecule has 0 unspecified atom stereocenters. The largest absolute Gasteiger partial charge is 0.395 e. The van der Waals surface area contributed by atoms with Crippen LogP contribution >= 0.6 is 0 Å². The summed E-state index contributed by atoms with van der Waals surface area (Å²) in [7, 11) is 1.98. The molecule has 0 aliphatic rings. The summed E-state index contributed by atoms with van der Waals surface area (Å²) >= 11 is 0. The van der Waals surface area contributed by atoms with E-state index < -0.39 is 0 Å². The summed E-state index contributed by atoms with van der Waals surface area (Å²) in [6, 6.07) is 6.04. The minimum absolute atomic E-state index is 0.136. The summed E-state index contributed by atoms with van der Waals surface area (Å²) < 4.78 is 2.00. The molecule has 0 fully saturated rings. The topological polar surface area (TPSA) is 38.0 Å². The quantitative estimate of drug-likeness (QED) is 0.810. The zero-order chi connectivity index (χ0) is 11.1. The van der Waals surface area contributed by atoms with Crippen molar-refractivity contribution in [3.8, 4) is 0 Å². The summed E-state index contributed by atoms with van der Waals surface area (Å²) in [5.41, 5.74) is 3.00. The standard InChI is InChI=1S/C12H16N2O/c1-12(2,7-15)9-5-4-6-10-11(9)14(3)8-13-10/h4-6,8,15H,7H2,1-3H3. The molecule has 0 saturated heterocycles. The fourth-order valence-corrected chi connectivity index (χ4v) is 1.84. The normalized spacial score (nSPS) is 12.3. The third kappa shape index (κ3) is 1.53. The minimum Gasteiger partial charge on any atom is -0.395 e. The second-order valence-electron chi connectivity index (χ2n) is 4.57. The summed E-state index contributed by atoms with van der Waals surface area (Å²) in [5, 5.41) is 9.41. The van der Waals surface area contributed by atoms with Crippen LogP contribution in [0.4, 0.5) is 0 Å². The number of aliphatic hydroxyl groups is 1. The van der Waals surface area contributed by atoms with Crippen LogP contribution in [0.25, 0.3) is 11.0 Å². The fourth-order valence-electron chi connectivity index (χ4n) is 1.84. The van der Waals surface area contributed by atoms with Gasteiger partial charge in [0.05, 0.1) is 24.0 Å². The van der Waals surface area contributed by atoms with Crippen LogP contribution in [0.15, 0.2) is 24.5 Å². The van der Waals surface area contributed by atoms with Gasteiger partial charge in [0.15, 0.2) is 0 Å². The number of rotatable bonds is 2. The molecule has 0 amide bonds. The number of imidazole rings is 1. The minimum atomic E-state index is -0.229. The Morgan fingerprint density at radius 1 is 1.40 bits per heavy atom. The molecule has 0 aliphatic carbocycles. The lowest BCUT2D eigenvalue weighted by atomic mass is 9.85. The van der Waals surface area contributed by atoms with Crippen molar-refractivity contribution in [3.05, 3.63) is 30.1 Å². The zero-order valence-corrected chi connectivity index (χ0v) is 9.36. The Labute approximate surface area is 89.4 Å². The lowest BCUT2D eigenvalue weighted by molar-refractivity contribution is 0.219. The molecule has 0 saturated carbocycles. The number of aliphatic hydroxyl groups excluding tert-OH is 1. The van der Waals surface area contributed by atoms with Crippen LogP contribution in [0.1, 0.15) is 19.4 Å². The van der Waals surface area contributed by atoms with Crippen LogP contribution < -0.4 is 0 Å². The smallest absolute Gasteiger partial charge is 0.0955 e. The number of fused-ring (bicyclic) bond motifs is 1. The Morgan fingerprint density at radius 3 is 2.80 bits per heavy atom. The number of hydrogen-bond acceptors (Lipinski definition) is 2. The number of hydrogen-bond donors (Lipinski definition) is 1. The SMILES string of the molecule is Cn1cnc2cccc(C(C)(C)CO)c21. The molecule has 15 heavy (non-hydrogen) atoms. The van der Waals surface area contributed by atoms with Crippen molar-refractivity contribution < 1.29 is 5.11 Å². The molecule has 2 aromatic rings. The molecule has 2 rings (SSSR count). The number of aromatic nitrogens is 2. The van der Waals surface area contributed by atoms with E-state index in [0.717, 1.165) is 16.6 Å². The predicted molar refractivity (Wildman–Crippen MR) is 60.8 cm³/mol. The van der Waals surface area contributed by atoms with Crippen molar-refractivity contribution in [2.24, 2.45) is 7.05 Å². The molecule has 1 N–H and O–H groups in total. The van der Waals surface area contributed by atoms with Gasteiger partial charge in [0.25, 0.3) is 0 Å². The lowest BCUT2D eigenvalue weighted by Gasteiger charge is -2.23. The van der Waals surface area contributed by atoms with Crippen LogP contribution in [-0.4, -0.2) is 21.3 Å². The predicted octanol–water partition coefficient (Wildman–Crippen LogP) is 1.84. The van der Waals surface area contributed by atoms with Gasteiger partial charge in [-0.15, -0.1) is 0 Å². The van der Waals surface area contributed by atoms with E-state index >= 15 is 0 Å². The van der Waals surface area contributed by atoms with Gasteiger partial charge in [0, 0.05) is 12.5 Å². The van der Waals surface area contributed by atoms with E-state index in [9.17, 15) is 5.11 Å². The average Bonchev–Trinajstić information content (AvgIpc) is 2.60. The first kappa shape index (κ1) is 10.2. The van der Waals surface area contributed by atoms with Crippen molar-refractivity contribution in [2.75, 3.05) is 6.61 Å². The molecular weight excluding hydrogens is 188 g/mol. The van der Waals surface area contributed by atoms with Gasteiger partial charge in [-0.3, -0.25) is 0 Å². The second kappa shape index (κ2) is 3.35. The monoisotopic (exact) mass is 204 g/mol. The maximum absolute atomic E-state index is 9.41. The zero-order valence-electron chi connectivity index (χ0n) is 9.36. The highest BCUT2D eigenvalue weighted by Crippen LogP contribution is 2.29. The van der Waals surface area contributed by atoms with Gasteiger partial charge in [-0.2, -0.15) is 0 Å². The van der Waals surface area contributed by atoms with Crippen molar-refractivity contribution in [2.45, 2.75) is 19.3 Å². The highest BCUT2D eigenvalue weighted by Gasteiger charge is 2.23. The summed E-state index contributed by atoms with van der Waals surface area (Å²) in [6.07, 6.45) is 1.81. The first-order valence-electron chi connectivity index (χ1n) is 5.07. The van der Waals surface area contributed by atoms with Gasteiger partial charge >= 0.3 is 0 Å².